The molecule has 38 heavy (non-hydrogen) atoms. The summed E-state index contributed by atoms with van der Waals surface area (Å²) in [5.41, 5.74) is 4.54. The molecular formula is C29H27Cl2N3O4. The molecule has 0 radical (unpaired) electrons. The quantitative estimate of drug-likeness (QED) is 0.318. The van der Waals surface area contributed by atoms with Gasteiger partial charge in [0.1, 0.15) is 11.8 Å². The van der Waals surface area contributed by atoms with Gasteiger partial charge in [-0.2, -0.15) is 5.26 Å². The van der Waals surface area contributed by atoms with E-state index in [1.165, 1.54) is 36.2 Å². The molecule has 3 aromatic rings. The fourth-order valence-corrected chi connectivity index (χ4v) is 5.11. The lowest BCUT2D eigenvalue weighted by molar-refractivity contribution is -0.139. The number of aryl methyl sites for hydroxylation is 3. The number of amides is 1. The fourth-order valence-electron chi connectivity index (χ4n) is 4.45. The Morgan fingerprint density at radius 1 is 1.08 bits per heavy atom. The molecule has 0 aliphatic heterocycles. The molecule has 0 saturated heterocycles. The lowest BCUT2D eigenvalue weighted by Gasteiger charge is -2.16. The fraction of sp³-hybridized carbons (Fsp3) is 0.310. The molecule has 1 aliphatic carbocycles. The van der Waals surface area contributed by atoms with Gasteiger partial charge in [0.15, 0.2) is 0 Å². The Labute approximate surface area is 231 Å². The van der Waals surface area contributed by atoms with E-state index in [4.69, 9.17) is 38.2 Å². The number of rotatable bonds is 10. The summed E-state index contributed by atoms with van der Waals surface area (Å²) in [4.78, 5) is 29.3. The van der Waals surface area contributed by atoms with Crippen molar-refractivity contribution in [1.82, 2.24) is 10.3 Å². The zero-order chi connectivity index (χ0) is 27.1. The number of hydrogen-bond acceptors (Lipinski definition) is 5. The molecular weight excluding hydrogens is 525 g/mol. The molecule has 196 valence electrons. The monoisotopic (exact) mass is 551 g/mol. The number of carboxylic acid groups (broad SMARTS) is 1. The van der Waals surface area contributed by atoms with E-state index >= 15 is 0 Å². The van der Waals surface area contributed by atoms with Crippen molar-refractivity contribution >= 4 is 35.1 Å². The third-order valence-corrected chi connectivity index (χ3v) is 7.04. The summed E-state index contributed by atoms with van der Waals surface area (Å²) in [5.74, 6) is -1.25. The van der Waals surface area contributed by atoms with Crippen LogP contribution in [0.5, 0.6) is 5.75 Å². The van der Waals surface area contributed by atoms with Crippen LogP contribution in [0, 0.1) is 11.3 Å². The van der Waals surface area contributed by atoms with E-state index in [1.807, 2.05) is 6.07 Å². The minimum absolute atomic E-state index is 0.0282. The summed E-state index contributed by atoms with van der Waals surface area (Å²) < 4.78 is 5.85. The minimum Gasteiger partial charge on any atom is -0.494 e. The van der Waals surface area contributed by atoms with Gasteiger partial charge in [0.25, 0.3) is 5.91 Å². The Morgan fingerprint density at radius 2 is 1.79 bits per heavy atom. The maximum atomic E-state index is 12.7. The zero-order valence-electron chi connectivity index (χ0n) is 20.7. The van der Waals surface area contributed by atoms with Crippen molar-refractivity contribution in [3.8, 4) is 11.8 Å². The Kier molecular flexibility index (Phi) is 9.22. The lowest BCUT2D eigenvalue weighted by atomic mass is 9.95. The van der Waals surface area contributed by atoms with E-state index in [9.17, 15) is 14.7 Å². The summed E-state index contributed by atoms with van der Waals surface area (Å²) in [6, 6.07) is 14.7. The number of pyridine rings is 1. The van der Waals surface area contributed by atoms with Gasteiger partial charge in [0.2, 0.25) is 0 Å². The van der Waals surface area contributed by atoms with Crippen LogP contribution < -0.4 is 10.1 Å². The first kappa shape index (κ1) is 27.4. The van der Waals surface area contributed by atoms with Gasteiger partial charge in [-0.3, -0.25) is 9.78 Å². The second-order valence-electron chi connectivity index (χ2n) is 9.21. The van der Waals surface area contributed by atoms with Gasteiger partial charge in [0, 0.05) is 17.8 Å². The second kappa shape index (κ2) is 12.8. The van der Waals surface area contributed by atoms with Gasteiger partial charge in [0.05, 0.1) is 33.8 Å². The number of nitrogens with zero attached hydrogens (tertiary/aromatic N) is 2. The van der Waals surface area contributed by atoms with E-state index in [0.717, 1.165) is 31.4 Å². The van der Waals surface area contributed by atoms with E-state index < -0.39 is 17.9 Å². The smallest absolute Gasteiger partial charge is 0.326 e. The highest BCUT2D eigenvalue weighted by Gasteiger charge is 2.24. The average Bonchev–Trinajstić information content (AvgIpc) is 2.91. The maximum Gasteiger partial charge on any atom is 0.326 e. The number of carbonyl (C=O) groups is 2. The summed E-state index contributed by atoms with van der Waals surface area (Å²) in [7, 11) is 0. The topological polar surface area (TPSA) is 112 Å². The maximum absolute atomic E-state index is 12.7. The molecule has 1 unspecified atom stereocenters. The van der Waals surface area contributed by atoms with Crippen molar-refractivity contribution in [3.63, 3.8) is 0 Å². The average molecular weight is 552 g/mol. The molecule has 9 heteroatoms. The number of aliphatic carboxylic acids is 1. The van der Waals surface area contributed by atoms with Crippen molar-refractivity contribution < 1.29 is 19.4 Å². The van der Waals surface area contributed by atoms with Crippen LogP contribution in [0.15, 0.2) is 48.5 Å². The number of aromatic nitrogens is 1. The van der Waals surface area contributed by atoms with Crippen molar-refractivity contribution in [3.05, 3.63) is 92.2 Å². The third-order valence-electron chi connectivity index (χ3n) is 6.45. The molecule has 7 nitrogen and oxygen atoms in total. The van der Waals surface area contributed by atoms with Gasteiger partial charge in [-0.15, -0.1) is 0 Å². The number of fused-ring (bicyclic) bond motifs is 1. The highest BCUT2D eigenvalue weighted by Crippen LogP contribution is 2.27. The van der Waals surface area contributed by atoms with Crippen LogP contribution in [0.25, 0.3) is 0 Å². The van der Waals surface area contributed by atoms with E-state index in [2.05, 4.69) is 17.4 Å². The van der Waals surface area contributed by atoms with Crippen LogP contribution in [0.1, 0.15) is 57.7 Å². The van der Waals surface area contributed by atoms with Crippen molar-refractivity contribution in [2.45, 2.75) is 51.0 Å². The Morgan fingerprint density at radius 3 is 2.47 bits per heavy atom. The van der Waals surface area contributed by atoms with Crippen molar-refractivity contribution in [1.29, 1.82) is 5.26 Å². The zero-order valence-corrected chi connectivity index (χ0v) is 22.2. The molecule has 1 amide bonds. The summed E-state index contributed by atoms with van der Waals surface area (Å²) >= 11 is 12.2. The minimum atomic E-state index is -1.21. The number of halogens is 2. The number of ether oxygens (including phenoxy) is 1. The van der Waals surface area contributed by atoms with Crippen molar-refractivity contribution in [2.24, 2.45) is 0 Å². The van der Waals surface area contributed by atoms with Gasteiger partial charge < -0.3 is 15.2 Å². The summed E-state index contributed by atoms with van der Waals surface area (Å²) in [5, 5.41) is 21.1. The van der Waals surface area contributed by atoms with Crippen LogP contribution in [0.3, 0.4) is 0 Å². The largest absolute Gasteiger partial charge is 0.494 e. The normalized spacial score (nSPS) is 13.2. The first-order valence-corrected chi connectivity index (χ1v) is 13.2. The Balaban J connectivity index is 1.29. The predicted molar refractivity (Wildman–Crippen MR) is 145 cm³/mol. The van der Waals surface area contributed by atoms with Crippen LogP contribution >= 0.6 is 23.2 Å². The summed E-state index contributed by atoms with van der Waals surface area (Å²) in [6.07, 6.45) is 6.38. The van der Waals surface area contributed by atoms with Crippen LogP contribution in [-0.2, 0) is 30.5 Å². The molecule has 2 aromatic carbocycles. The Bertz CT molecular complexity index is 1350. The first-order valence-electron chi connectivity index (χ1n) is 12.5. The van der Waals surface area contributed by atoms with Gasteiger partial charge in [-0.1, -0.05) is 41.4 Å². The molecule has 1 heterocycles. The molecule has 4 rings (SSSR count). The third kappa shape index (κ3) is 7.03. The molecule has 0 saturated carbocycles. The number of hydrogen-bond donors (Lipinski definition) is 2. The number of carboxylic acids is 1. The van der Waals surface area contributed by atoms with Gasteiger partial charge >= 0.3 is 5.97 Å². The van der Waals surface area contributed by atoms with E-state index in [-0.39, 0.29) is 27.6 Å². The molecule has 0 bridgehead atoms. The van der Waals surface area contributed by atoms with Crippen LogP contribution in [-0.4, -0.2) is 34.6 Å². The highest BCUT2D eigenvalue weighted by atomic mass is 35.5. The molecule has 1 atom stereocenters. The number of nitriles is 1. The second-order valence-corrected chi connectivity index (χ2v) is 10.0. The molecule has 1 aliphatic rings. The number of carbonyl (C=O) groups excluding carboxylic acids is 1. The first-order chi connectivity index (χ1) is 18.3. The number of nitrogens with one attached hydrogen (secondary N) is 1. The molecule has 0 fully saturated rings. The van der Waals surface area contributed by atoms with Gasteiger partial charge in [-0.05, 0) is 80.0 Å². The van der Waals surface area contributed by atoms with Crippen molar-refractivity contribution in [2.75, 3.05) is 6.61 Å². The van der Waals surface area contributed by atoms with E-state index in [0.29, 0.717) is 17.9 Å². The molecule has 2 N–H and O–H groups in total. The molecule has 0 spiro atoms. The standard InChI is InChI=1S/C29H27Cl2N3O4/c30-23-14-19(17-32)15-24(31)27(23)28(35)34-26(29(36)37)16-18-7-11-22(12-8-18)38-13-3-5-21-10-9-20-4-1-2-6-25(20)33-21/h7-12,14-15,26H,1-6,13,16H2,(H,34,35)(H,36,37). The van der Waals surface area contributed by atoms with Crippen LogP contribution in [0.4, 0.5) is 0 Å². The molecule has 1 aromatic heterocycles. The van der Waals surface area contributed by atoms with Crippen LogP contribution in [0.2, 0.25) is 10.0 Å². The SMILES string of the molecule is N#Cc1cc(Cl)c(C(=O)NC(Cc2ccc(OCCCc3ccc4c(n3)CCCC4)cc2)C(=O)O)c(Cl)c1. The van der Waals surface area contributed by atoms with E-state index in [1.54, 1.807) is 24.3 Å². The summed E-state index contributed by atoms with van der Waals surface area (Å²) in [6.45, 7) is 0.540. The van der Waals surface area contributed by atoms with Gasteiger partial charge in [-0.25, -0.2) is 4.79 Å². The predicted octanol–water partition coefficient (Wildman–Crippen LogP) is 5.58. The number of benzene rings is 2. The highest BCUT2D eigenvalue weighted by molar-refractivity contribution is 6.39. The Hall–Kier alpha value is -3.60. The lowest BCUT2D eigenvalue weighted by Crippen LogP contribution is -2.42.